The van der Waals surface area contributed by atoms with E-state index in [0.717, 1.165) is 29.6 Å². The molecule has 1 aliphatic heterocycles. The summed E-state index contributed by atoms with van der Waals surface area (Å²) < 4.78 is 20.4. The Balaban J connectivity index is 1.69. The summed E-state index contributed by atoms with van der Waals surface area (Å²) in [6.07, 6.45) is 8.26. The highest BCUT2D eigenvalue weighted by Gasteiger charge is 2.38. The normalized spacial score (nSPS) is 25.6. The van der Waals surface area contributed by atoms with Crippen molar-refractivity contribution in [1.82, 2.24) is 0 Å². The number of nitrogens with one attached hydrogen (secondary N) is 1. The van der Waals surface area contributed by atoms with Gasteiger partial charge < -0.3 is 10.1 Å². The van der Waals surface area contributed by atoms with Crippen LogP contribution in [0.25, 0.3) is 0 Å². The minimum absolute atomic E-state index is 0.0773. The van der Waals surface area contributed by atoms with Crippen LogP contribution in [-0.2, 0) is 4.74 Å². The maximum Gasteiger partial charge on any atom is 0.125 e. The molecule has 1 unspecified atom stereocenters. The van der Waals surface area contributed by atoms with Crippen molar-refractivity contribution in [3.63, 3.8) is 0 Å². The van der Waals surface area contributed by atoms with Gasteiger partial charge in [-0.2, -0.15) is 0 Å². The van der Waals surface area contributed by atoms with Crippen molar-refractivity contribution in [2.45, 2.75) is 56.6 Å². The first-order valence-electron chi connectivity index (χ1n) is 7.52. The summed E-state index contributed by atoms with van der Waals surface area (Å²) in [4.78, 5) is 0. The van der Waals surface area contributed by atoms with Gasteiger partial charge in [-0.15, -0.1) is 0 Å². The van der Waals surface area contributed by atoms with Crippen LogP contribution in [0.4, 0.5) is 10.1 Å². The number of hydrogen-bond donors (Lipinski definition) is 1. The number of anilines is 1. The zero-order chi connectivity index (χ0) is 14.0. The van der Waals surface area contributed by atoms with E-state index in [9.17, 15) is 4.39 Å². The molecular formula is C16H21BrFNO. The van der Waals surface area contributed by atoms with Gasteiger partial charge in [-0.3, -0.25) is 0 Å². The molecule has 1 saturated heterocycles. The Kier molecular flexibility index (Phi) is 4.32. The van der Waals surface area contributed by atoms with Gasteiger partial charge in [-0.1, -0.05) is 19.3 Å². The smallest absolute Gasteiger partial charge is 0.125 e. The van der Waals surface area contributed by atoms with Gasteiger partial charge in [0.2, 0.25) is 0 Å². The molecule has 1 saturated carbocycles. The van der Waals surface area contributed by atoms with E-state index in [4.69, 9.17) is 4.74 Å². The van der Waals surface area contributed by atoms with Crippen molar-refractivity contribution in [2.24, 2.45) is 0 Å². The molecule has 2 fully saturated rings. The predicted molar refractivity (Wildman–Crippen MR) is 82.5 cm³/mol. The molecular weight excluding hydrogens is 321 g/mol. The maximum atomic E-state index is 13.4. The van der Waals surface area contributed by atoms with Crippen LogP contribution in [0, 0.1) is 5.82 Å². The Morgan fingerprint density at radius 1 is 1.25 bits per heavy atom. The summed E-state index contributed by atoms with van der Waals surface area (Å²) in [5.41, 5.74) is 0.927. The number of benzene rings is 1. The average Bonchev–Trinajstić information content (AvgIpc) is 2.44. The quantitative estimate of drug-likeness (QED) is 0.827. The molecule has 2 nitrogen and oxygen atoms in total. The summed E-state index contributed by atoms with van der Waals surface area (Å²) >= 11 is 3.48. The second-order valence-electron chi connectivity index (χ2n) is 6.05. The van der Waals surface area contributed by atoms with Crippen molar-refractivity contribution in [3.05, 3.63) is 28.5 Å². The number of ether oxygens (including phenoxy) is 1. The molecule has 110 valence electrons. The molecule has 20 heavy (non-hydrogen) atoms. The lowest BCUT2D eigenvalue weighted by molar-refractivity contribution is -0.103. The Bertz CT molecular complexity index is 468. The highest BCUT2D eigenvalue weighted by molar-refractivity contribution is 9.10. The summed E-state index contributed by atoms with van der Waals surface area (Å²) in [7, 11) is 0. The Morgan fingerprint density at radius 3 is 2.85 bits per heavy atom. The van der Waals surface area contributed by atoms with Crippen LogP contribution >= 0.6 is 15.9 Å². The minimum Gasteiger partial charge on any atom is -0.381 e. The molecule has 1 N–H and O–H groups in total. The summed E-state index contributed by atoms with van der Waals surface area (Å²) in [5, 5.41) is 3.49. The van der Waals surface area contributed by atoms with Crippen molar-refractivity contribution in [1.29, 1.82) is 0 Å². The van der Waals surface area contributed by atoms with E-state index in [-0.39, 0.29) is 11.4 Å². The zero-order valence-electron chi connectivity index (χ0n) is 11.6. The first-order valence-corrected chi connectivity index (χ1v) is 8.32. The van der Waals surface area contributed by atoms with Crippen molar-refractivity contribution >= 4 is 21.6 Å². The van der Waals surface area contributed by atoms with Crippen LogP contribution < -0.4 is 5.32 Å². The van der Waals surface area contributed by atoms with Crippen LogP contribution in [0.3, 0.4) is 0 Å². The molecule has 0 bridgehead atoms. The van der Waals surface area contributed by atoms with Crippen molar-refractivity contribution in [3.8, 4) is 0 Å². The third-order valence-corrected chi connectivity index (χ3v) is 5.24. The molecule has 4 heteroatoms. The Labute approximate surface area is 128 Å². The summed E-state index contributed by atoms with van der Waals surface area (Å²) in [5.74, 6) is -0.199. The van der Waals surface area contributed by atoms with Crippen LogP contribution in [0.5, 0.6) is 0 Å². The summed E-state index contributed by atoms with van der Waals surface area (Å²) in [6.45, 7) is 0.810. The van der Waals surface area contributed by atoms with Gasteiger partial charge in [0, 0.05) is 17.1 Å². The fourth-order valence-corrected chi connectivity index (χ4v) is 3.88. The van der Waals surface area contributed by atoms with Gasteiger partial charge in [0.1, 0.15) is 5.82 Å². The first kappa shape index (κ1) is 14.3. The Hall–Kier alpha value is -0.610. The maximum absolute atomic E-state index is 13.4. The molecule has 1 aromatic rings. The standard InChI is InChI=1S/C16H21BrFNO/c17-14-5-4-12(18)10-15(14)19-13-6-9-20-16(11-13)7-2-1-3-8-16/h4-5,10,13,19H,1-3,6-9,11H2. The molecule has 0 radical (unpaired) electrons. The lowest BCUT2D eigenvalue weighted by Gasteiger charge is -2.44. The van der Waals surface area contributed by atoms with Gasteiger partial charge >= 0.3 is 0 Å². The molecule has 1 atom stereocenters. The molecule has 1 spiro atoms. The number of hydrogen-bond acceptors (Lipinski definition) is 2. The van der Waals surface area contributed by atoms with E-state index in [1.54, 1.807) is 12.1 Å². The molecule has 3 rings (SSSR count). The second-order valence-corrected chi connectivity index (χ2v) is 6.90. The average molecular weight is 342 g/mol. The first-order chi connectivity index (χ1) is 9.67. The van der Waals surface area contributed by atoms with Crippen LogP contribution in [0.15, 0.2) is 22.7 Å². The van der Waals surface area contributed by atoms with Crippen LogP contribution in [0.1, 0.15) is 44.9 Å². The fraction of sp³-hybridized carbons (Fsp3) is 0.625. The predicted octanol–water partition coefficient (Wildman–Crippen LogP) is 4.88. The largest absolute Gasteiger partial charge is 0.381 e. The van der Waals surface area contributed by atoms with E-state index in [2.05, 4.69) is 21.2 Å². The van der Waals surface area contributed by atoms with Crippen LogP contribution in [-0.4, -0.2) is 18.2 Å². The van der Waals surface area contributed by atoms with Gasteiger partial charge in [0.15, 0.2) is 0 Å². The fourth-order valence-electron chi connectivity index (χ4n) is 3.52. The Morgan fingerprint density at radius 2 is 2.05 bits per heavy atom. The van der Waals surface area contributed by atoms with Crippen molar-refractivity contribution < 1.29 is 9.13 Å². The van der Waals surface area contributed by atoms with E-state index >= 15 is 0 Å². The molecule has 1 heterocycles. The van der Waals surface area contributed by atoms with Gasteiger partial charge in [0.25, 0.3) is 0 Å². The SMILES string of the molecule is Fc1ccc(Br)c(NC2CCOC3(CCCCC3)C2)c1. The van der Waals surface area contributed by atoms with Crippen molar-refractivity contribution in [2.75, 3.05) is 11.9 Å². The van der Waals surface area contributed by atoms with Gasteiger partial charge in [-0.25, -0.2) is 4.39 Å². The highest BCUT2D eigenvalue weighted by atomic mass is 79.9. The van der Waals surface area contributed by atoms with E-state index in [1.807, 2.05) is 0 Å². The molecule has 0 aromatic heterocycles. The van der Waals surface area contributed by atoms with Crippen LogP contribution in [0.2, 0.25) is 0 Å². The number of rotatable bonds is 2. The summed E-state index contributed by atoms with van der Waals surface area (Å²) in [6, 6.07) is 5.17. The third-order valence-electron chi connectivity index (χ3n) is 4.55. The highest BCUT2D eigenvalue weighted by Crippen LogP contribution is 2.39. The molecule has 2 aliphatic rings. The number of halogens is 2. The monoisotopic (exact) mass is 341 g/mol. The zero-order valence-corrected chi connectivity index (χ0v) is 13.2. The van der Waals surface area contributed by atoms with E-state index in [1.165, 1.54) is 38.2 Å². The lowest BCUT2D eigenvalue weighted by atomic mass is 9.78. The van der Waals surface area contributed by atoms with E-state index in [0.29, 0.717) is 6.04 Å². The molecule has 0 amide bonds. The van der Waals surface area contributed by atoms with E-state index < -0.39 is 0 Å². The molecule has 1 aromatic carbocycles. The minimum atomic E-state index is -0.199. The third kappa shape index (κ3) is 3.17. The van der Waals surface area contributed by atoms with Gasteiger partial charge in [0.05, 0.1) is 11.3 Å². The second kappa shape index (κ2) is 6.02. The van der Waals surface area contributed by atoms with Gasteiger partial charge in [-0.05, 0) is 59.8 Å². The molecule has 1 aliphatic carbocycles. The lowest BCUT2D eigenvalue weighted by Crippen LogP contribution is -2.45. The topological polar surface area (TPSA) is 21.3 Å².